The highest BCUT2D eigenvalue weighted by molar-refractivity contribution is 6.00. The molecule has 3 aromatic rings. The summed E-state index contributed by atoms with van der Waals surface area (Å²) < 4.78 is 45.6. The maximum Gasteiger partial charge on any atom is 0.471 e. The molecule has 0 spiro atoms. The molecule has 1 heterocycles. The maximum absolute atomic E-state index is 13.5. The first-order chi connectivity index (χ1) is 14.8. The van der Waals surface area contributed by atoms with Gasteiger partial charge < -0.3 is 9.42 Å². The Labute approximate surface area is 179 Å². The molecule has 5 nitrogen and oxygen atoms in total. The van der Waals surface area contributed by atoms with Gasteiger partial charge in [0.2, 0.25) is 0 Å². The lowest BCUT2D eigenvalue weighted by atomic mass is 10.1. The van der Waals surface area contributed by atoms with Crippen LogP contribution in [0, 0.1) is 6.92 Å². The van der Waals surface area contributed by atoms with Crippen LogP contribution in [0.2, 0.25) is 0 Å². The van der Waals surface area contributed by atoms with E-state index < -0.39 is 12.1 Å². The van der Waals surface area contributed by atoms with Gasteiger partial charge in [-0.15, -0.1) is 0 Å². The molecule has 0 saturated heterocycles. The molecule has 164 valence electrons. The molecule has 3 rings (SSSR count). The van der Waals surface area contributed by atoms with Crippen molar-refractivity contribution in [3.05, 3.63) is 65.9 Å². The van der Waals surface area contributed by atoms with Crippen molar-refractivity contribution in [1.82, 2.24) is 5.16 Å². The van der Waals surface area contributed by atoms with Crippen LogP contribution in [0.3, 0.4) is 0 Å². The Balaban J connectivity index is 2.02. The summed E-state index contributed by atoms with van der Waals surface area (Å²) >= 11 is 0. The van der Waals surface area contributed by atoms with Crippen LogP contribution in [0.15, 0.2) is 59.1 Å². The van der Waals surface area contributed by atoms with E-state index in [1.54, 1.807) is 42.5 Å². The summed E-state index contributed by atoms with van der Waals surface area (Å²) in [5, 5.41) is 3.93. The molecule has 0 radical (unpaired) electrons. The zero-order valence-electron chi connectivity index (χ0n) is 17.6. The number of benzene rings is 2. The summed E-state index contributed by atoms with van der Waals surface area (Å²) in [6.45, 7) is 6.92. The Kier molecular flexibility index (Phi) is 6.68. The molecule has 0 aliphatic carbocycles. The molecule has 8 heteroatoms. The van der Waals surface area contributed by atoms with Gasteiger partial charge in [0.05, 0.1) is 6.54 Å². The van der Waals surface area contributed by atoms with E-state index in [0.29, 0.717) is 16.0 Å². The zero-order valence-corrected chi connectivity index (χ0v) is 17.6. The van der Waals surface area contributed by atoms with Crippen LogP contribution in [0.1, 0.15) is 25.2 Å². The molecule has 31 heavy (non-hydrogen) atoms. The van der Waals surface area contributed by atoms with E-state index in [0.717, 1.165) is 18.8 Å². The molecule has 2 aromatic carbocycles. The molecule has 0 unspecified atom stereocenters. The van der Waals surface area contributed by atoms with E-state index in [9.17, 15) is 18.0 Å². The standard InChI is InChI=1S/C23H24F3N3O2/c1-4-28(5-2)19-13-11-17(12-14-19)15-29(22(30)23(24,25)26)21-16(3)31-27-20(21)18-9-7-6-8-10-18/h6-14H,4-5,15H2,1-3H3. The van der Waals surface area contributed by atoms with Crippen LogP contribution in [0.5, 0.6) is 0 Å². The fourth-order valence-corrected chi connectivity index (χ4v) is 3.46. The summed E-state index contributed by atoms with van der Waals surface area (Å²) in [5.41, 5.74) is 2.30. The predicted molar refractivity (Wildman–Crippen MR) is 114 cm³/mol. The third kappa shape index (κ3) is 4.90. The molecule has 1 amide bonds. The molecule has 0 atom stereocenters. The molecule has 0 bridgehead atoms. The van der Waals surface area contributed by atoms with Crippen LogP contribution in [-0.2, 0) is 11.3 Å². The number of hydrogen-bond acceptors (Lipinski definition) is 4. The average molecular weight is 431 g/mol. The largest absolute Gasteiger partial charge is 0.471 e. The number of alkyl halides is 3. The Morgan fingerprint density at radius 1 is 1.00 bits per heavy atom. The van der Waals surface area contributed by atoms with Crippen LogP contribution in [-0.4, -0.2) is 30.3 Å². The molecule has 1 aromatic heterocycles. The summed E-state index contributed by atoms with van der Waals surface area (Å²) in [6, 6.07) is 15.8. The van der Waals surface area contributed by atoms with Gasteiger partial charge in [-0.05, 0) is 38.5 Å². The van der Waals surface area contributed by atoms with Gasteiger partial charge in [-0.2, -0.15) is 13.2 Å². The minimum Gasteiger partial charge on any atom is -0.372 e. The Bertz CT molecular complexity index is 1010. The number of nitrogens with zero attached hydrogens (tertiary/aromatic N) is 3. The van der Waals surface area contributed by atoms with Crippen molar-refractivity contribution in [3.63, 3.8) is 0 Å². The van der Waals surface area contributed by atoms with E-state index in [1.165, 1.54) is 6.92 Å². The second-order valence-corrected chi connectivity index (χ2v) is 7.03. The highest BCUT2D eigenvalue weighted by Crippen LogP contribution is 2.36. The number of carbonyl (C=O) groups excluding carboxylic acids is 1. The first kappa shape index (κ1) is 22.4. The maximum atomic E-state index is 13.5. The summed E-state index contributed by atoms with van der Waals surface area (Å²) in [6.07, 6.45) is -5.04. The van der Waals surface area contributed by atoms with E-state index in [-0.39, 0.29) is 23.7 Å². The lowest BCUT2D eigenvalue weighted by molar-refractivity contribution is -0.170. The number of hydrogen-bond donors (Lipinski definition) is 0. The minimum absolute atomic E-state index is 0.0151. The van der Waals surface area contributed by atoms with Crippen LogP contribution in [0.4, 0.5) is 24.5 Å². The second-order valence-electron chi connectivity index (χ2n) is 7.03. The van der Waals surface area contributed by atoms with E-state index in [1.807, 2.05) is 26.0 Å². The normalized spacial score (nSPS) is 11.4. The SMILES string of the molecule is CCN(CC)c1ccc(CN(C(=O)C(F)(F)F)c2c(-c3ccccc3)noc2C)cc1. The van der Waals surface area contributed by atoms with E-state index in [2.05, 4.69) is 10.1 Å². The van der Waals surface area contributed by atoms with E-state index in [4.69, 9.17) is 4.52 Å². The van der Waals surface area contributed by atoms with Gasteiger partial charge in [0, 0.05) is 24.3 Å². The fourth-order valence-electron chi connectivity index (χ4n) is 3.46. The summed E-state index contributed by atoms with van der Waals surface area (Å²) in [5.74, 6) is -1.83. The van der Waals surface area contributed by atoms with Crippen LogP contribution < -0.4 is 9.80 Å². The van der Waals surface area contributed by atoms with Crippen LogP contribution in [0.25, 0.3) is 11.3 Å². The van der Waals surface area contributed by atoms with Crippen molar-refractivity contribution in [2.45, 2.75) is 33.5 Å². The highest BCUT2D eigenvalue weighted by Gasteiger charge is 2.44. The number of amides is 1. The molecule has 0 aliphatic heterocycles. The lowest BCUT2D eigenvalue weighted by Gasteiger charge is -2.25. The molecule has 0 N–H and O–H groups in total. The monoisotopic (exact) mass is 431 g/mol. The molecule has 0 fully saturated rings. The second kappa shape index (κ2) is 9.24. The van der Waals surface area contributed by atoms with Crippen LogP contribution >= 0.6 is 0 Å². The van der Waals surface area contributed by atoms with Gasteiger partial charge >= 0.3 is 12.1 Å². The van der Waals surface area contributed by atoms with Crippen molar-refractivity contribution >= 4 is 17.3 Å². The highest BCUT2D eigenvalue weighted by atomic mass is 19.4. The molecule has 0 aliphatic rings. The topological polar surface area (TPSA) is 49.6 Å². The van der Waals surface area contributed by atoms with Gasteiger partial charge in [0.25, 0.3) is 0 Å². The van der Waals surface area contributed by atoms with Gasteiger partial charge in [-0.3, -0.25) is 9.69 Å². The average Bonchev–Trinajstić information content (AvgIpc) is 3.14. The van der Waals surface area contributed by atoms with Crippen molar-refractivity contribution in [2.24, 2.45) is 0 Å². The third-order valence-electron chi connectivity index (χ3n) is 5.04. The van der Waals surface area contributed by atoms with Crippen molar-refractivity contribution in [1.29, 1.82) is 0 Å². The van der Waals surface area contributed by atoms with Gasteiger partial charge in [0.1, 0.15) is 11.4 Å². The van der Waals surface area contributed by atoms with E-state index >= 15 is 0 Å². The molecule has 0 saturated carbocycles. The van der Waals surface area contributed by atoms with Gasteiger partial charge in [-0.1, -0.05) is 47.6 Å². The Hall–Kier alpha value is -3.29. The predicted octanol–water partition coefficient (Wildman–Crippen LogP) is 5.59. The number of aromatic nitrogens is 1. The van der Waals surface area contributed by atoms with Gasteiger partial charge in [-0.25, -0.2) is 0 Å². The first-order valence-electron chi connectivity index (χ1n) is 10.0. The number of aryl methyl sites for hydroxylation is 1. The fraction of sp³-hybridized carbons (Fsp3) is 0.304. The smallest absolute Gasteiger partial charge is 0.372 e. The summed E-state index contributed by atoms with van der Waals surface area (Å²) in [4.78, 5) is 15.2. The Morgan fingerprint density at radius 2 is 1.61 bits per heavy atom. The Morgan fingerprint density at radius 3 is 2.16 bits per heavy atom. The lowest BCUT2D eigenvalue weighted by Crippen LogP contribution is -2.41. The minimum atomic E-state index is -5.04. The first-order valence-corrected chi connectivity index (χ1v) is 10.0. The number of rotatable bonds is 7. The van der Waals surface area contributed by atoms with Crippen molar-refractivity contribution in [2.75, 3.05) is 22.9 Å². The van der Waals surface area contributed by atoms with Crippen molar-refractivity contribution < 1.29 is 22.5 Å². The summed E-state index contributed by atoms with van der Waals surface area (Å²) in [7, 11) is 0. The molecular formula is C23H24F3N3O2. The van der Waals surface area contributed by atoms with Crippen molar-refractivity contribution in [3.8, 4) is 11.3 Å². The number of anilines is 2. The number of carbonyl (C=O) groups is 1. The zero-order chi connectivity index (χ0) is 22.6. The third-order valence-corrected chi connectivity index (χ3v) is 5.04. The quantitative estimate of drug-likeness (QED) is 0.489. The number of halogens is 3. The molecular weight excluding hydrogens is 407 g/mol. The van der Waals surface area contributed by atoms with Gasteiger partial charge in [0.15, 0.2) is 5.76 Å².